The Morgan fingerprint density at radius 1 is 1.17 bits per heavy atom. The molecule has 194 valence electrons. The van der Waals surface area contributed by atoms with Gasteiger partial charge < -0.3 is 10.1 Å². The van der Waals surface area contributed by atoms with E-state index < -0.39 is 43.0 Å². The first kappa shape index (κ1) is 25.8. The Morgan fingerprint density at radius 3 is 2.53 bits per heavy atom. The van der Waals surface area contributed by atoms with Gasteiger partial charge in [0.1, 0.15) is 6.61 Å². The SMILES string of the molecule is Cn1nc(OCCOC(F)(F)F)c(C(F)(F)F)c1-n1cc(-c2ccc(Cl)c(C(=O)NC3CC3)c2)cn1. The van der Waals surface area contributed by atoms with Crippen LogP contribution in [0.25, 0.3) is 16.9 Å². The van der Waals surface area contributed by atoms with Crippen LogP contribution in [0.1, 0.15) is 28.8 Å². The van der Waals surface area contributed by atoms with Gasteiger partial charge in [0, 0.05) is 24.8 Å². The van der Waals surface area contributed by atoms with Crippen LogP contribution in [0.3, 0.4) is 0 Å². The number of nitrogens with one attached hydrogen (secondary N) is 1. The summed E-state index contributed by atoms with van der Waals surface area (Å²) in [4.78, 5) is 12.5. The van der Waals surface area contributed by atoms with Crippen LogP contribution in [0.2, 0.25) is 5.02 Å². The highest BCUT2D eigenvalue weighted by atomic mass is 35.5. The number of nitrogens with zero attached hydrogens (tertiary/aromatic N) is 4. The van der Waals surface area contributed by atoms with Crippen LogP contribution < -0.4 is 10.1 Å². The van der Waals surface area contributed by atoms with E-state index in [1.807, 2.05) is 0 Å². The Bertz CT molecular complexity index is 1270. The minimum Gasteiger partial charge on any atom is -0.474 e. The molecule has 0 saturated heterocycles. The highest BCUT2D eigenvalue weighted by Crippen LogP contribution is 2.40. The third kappa shape index (κ3) is 5.93. The molecule has 1 aliphatic carbocycles. The summed E-state index contributed by atoms with van der Waals surface area (Å²) < 4.78 is 88.1. The Balaban J connectivity index is 1.62. The summed E-state index contributed by atoms with van der Waals surface area (Å²) in [7, 11) is 1.20. The lowest BCUT2D eigenvalue weighted by Gasteiger charge is -2.11. The van der Waals surface area contributed by atoms with E-state index in [1.165, 1.54) is 31.6 Å². The minimum atomic E-state index is -4.97. The van der Waals surface area contributed by atoms with Gasteiger partial charge in [-0.15, -0.1) is 18.3 Å². The van der Waals surface area contributed by atoms with Crippen molar-refractivity contribution in [1.29, 1.82) is 0 Å². The second-order valence-electron chi connectivity index (χ2n) is 7.88. The molecule has 1 N–H and O–H groups in total. The number of aryl methyl sites for hydroxylation is 1. The largest absolute Gasteiger partial charge is 0.522 e. The minimum absolute atomic E-state index is 0.0991. The van der Waals surface area contributed by atoms with E-state index in [2.05, 4.69) is 20.3 Å². The summed E-state index contributed by atoms with van der Waals surface area (Å²) in [6.45, 7) is -1.84. The van der Waals surface area contributed by atoms with Crippen molar-refractivity contribution >= 4 is 17.5 Å². The first-order valence-electron chi connectivity index (χ1n) is 10.5. The van der Waals surface area contributed by atoms with E-state index >= 15 is 0 Å². The molecule has 4 rings (SSSR count). The number of rotatable bonds is 8. The molecule has 1 saturated carbocycles. The maximum absolute atomic E-state index is 13.9. The molecule has 1 aliphatic rings. The monoisotopic (exact) mass is 537 g/mol. The second kappa shape index (κ2) is 9.65. The lowest BCUT2D eigenvalue weighted by molar-refractivity contribution is -0.325. The van der Waals surface area contributed by atoms with Crippen molar-refractivity contribution in [3.05, 3.63) is 46.7 Å². The molecule has 1 fully saturated rings. The van der Waals surface area contributed by atoms with Gasteiger partial charge >= 0.3 is 12.5 Å². The van der Waals surface area contributed by atoms with Crippen molar-refractivity contribution in [3.63, 3.8) is 0 Å². The van der Waals surface area contributed by atoms with Crippen molar-refractivity contribution in [2.75, 3.05) is 13.2 Å². The number of carbonyl (C=O) groups is 1. The molecule has 2 heterocycles. The average molecular weight is 538 g/mol. The number of hydrogen-bond acceptors (Lipinski definition) is 5. The first-order valence-corrected chi connectivity index (χ1v) is 10.8. The number of aromatic nitrogens is 4. The Kier molecular flexibility index (Phi) is 6.92. The summed E-state index contributed by atoms with van der Waals surface area (Å²) in [6.07, 6.45) is -5.58. The zero-order valence-electron chi connectivity index (χ0n) is 18.5. The average Bonchev–Trinajstić information content (AvgIpc) is 3.32. The van der Waals surface area contributed by atoms with Gasteiger partial charge in [-0.2, -0.15) is 18.3 Å². The van der Waals surface area contributed by atoms with E-state index in [1.54, 1.807) is 6.07 Å². The molecule has 0 spiro atoms. The van der Waals surface area contributed by atoms with Crippen LogP contribution >= 0.6 is 11.6 Å². The normalized spacial score (nSPS) is 14.2. The predicted molar refractivity (Wildman–Crippen MR) is 114 cm³/mol. The summed E-state index contributed by atoms with van der Waals surface area (Å²) in [5, 5.41) is 10.7. The molecule has 15 heteroatoms. The highest BCUT2D eigenvalue weighted by molar-refractivity contribution is 6.34. The van der Waals surface area contributed by atoms with Crippen molar-refractivity contribution in [3.8, 4) is 22.8 Å². The zero-order valence-corrected chi connectivity index (χ0v) is 19.2. The number of alkyl halides is 6. The van der Waals surface area contributed by atoms with Crippen LogP contribution in [0.5, 0.6) is 5.88 Å². The lowest BCUT2D eigenvalue weighted by Crippen LogP contribution is -2.25. The Morgan fingerprint density at radius 2 is 1.89 bits per heavy atom. The first-order chi connectivity index (χ1) is 16.8. The second-order valence-corrected chi connectivity index (χ2v) is 8.29. The van der Waals surface area contributed by atoms with Crippen molar-refractivity contribution in [1.82, 2.24) is 24.9 Å². The van der Waals surface area contributed by atoms with Crippen LogP contribution in [0.15, 0.2) is 30.6 Å². The number of carbonyl (C=O) groups excluding carboxylic acids is 1. The molecule has 3 aromatic rings. The number of hydrogen-bond donors (Lipinski definition) is 1. The number of halogens is 7. The zero-order chi connectivity index (χ0) is 26.3. The molecule has 1 aromatic carbocycles. The molecule has 0 bridgehead atoms. The van der Waals surface area contributed by atoms with E-state index in [9.17, 15) is 31.1 Å². The fraction of sp³-hybridized carbons (Fsp3) is 0.381. The van der Waals surface area contributed by atoms with Crippen LogP contribution in [-0.4, -0.2) is 51.1 Å². The summed E-state index contributed by atoms with van der Waals surface area (Å²) in [5.74, 6) is -1.81. The molecule has 0 atom stereocenters. The van der Waals surface area contributed by atoms with Gasteiger partial charge in [-0.05, 0) is 30.5 Å². The number of amides is 1. The molecular weight excluding hydrogens is 520 g/mol. The van der Waals surface area contributed by atoms with Crippen LogP contribution in [0, 0.1) is 0 Å². The van der Waals surface area contributed by atoms with Gasteiger partial charge in [-0.3, -0.25) is 9.53 Å². The fourth-order valence-electron chi connectivity index (χ4n) is 3.36. The van der Waals surface area contributed by atoms with Gasteiger partial charge in [-0.1, -0.05) is 17.7 Å². The summed E-state index contributed by atoms with van der Waals surface area (Å²) >= 11 is 6.15. The Hall–Kier alpha value is -3.26. The molecule has 0 unspecified atom stereocenters. The number of ether oxygens (including phenoxy) is 2. The Labute approximate surface area is 204 Å². The van der Waals surface area contributed by atoms with E-state index in [0.717, 1.165) is 22.2 Å². The van der Waals surface area contributed by atoms with Crippen molar-refractivity contribution < 1.29 is 40.6 Å². The van der Waals surface area contributed by atoms with E-state index in [-0.39, 0.29) is 22.5 Å². The highest BCUT2D eigenvalue weighted by Gasteiger charge is 2.42. The van der Waals surface area contributed by atoms with Gasteiger partial charge in [-0.25, -0.2) is 9.36 Å². The third-order valence-electron chi connectivity index (χ3n) is 5.11. The molecule has 2 aromatic heterocycles. The third-order valence-corrected chi connectivity index (χ3v) is 5.44. The predicted octanol–water partition coefficient (Wildman–Crippen LogP) is 4.75. The molecule has 1 amide bonds. The summed E-state index contributed by atoms with van der Waals surface area (Å²) in [6, 6.07) is 4.68. The van der Waals surface area contributed by atoms with Gasteiger partial charge in [0.2, 0.25) is 5.88 Å². The van der Waals surface area contributed by atoms with E-state index in [4.69, 9.17) is 16.3 Å². The van der Waals surface area contributed by atoms with Gasteiger partial charge in [0.15, 0.2) is 11.4 Å². The fourth-order valence-corrected chi connectivity index (χ4v) is 3.56. The summed E-state index contributed by atoms with van der Waals surface area (Å²) in [5.41, 5.74) is -0.264. The van der Waals surface area contributed by atoms with Crippen LogP contribution in [0.4, 0.5) is 26.3 Å². The molecular formula is C21H18ClF6N5O3. The van der Waals surface area contributed by atoms with Crippen molar-refractivity contribution in [2.45, 2.75) is 31.4 Å². The van der Waals surface area contributed by atoms with Crippen LogP contribution in [-0.2, 0) is 18.0 Å². The number of benzene rings is 1. The van der Waals surface area contributed by atoms with Gasteiger partial charge in [0.05, 0.1) is 23.4 Å². The molecule has 0 aliphatic heterocycles. The standard InChI is InChI=1S/C21H18ClF6N5O3/c1-32-19(16(20(23,24)25)18(31-32)35-6-7-36-21(26,27)28)33-10-12(9-29-33)11-2-5-15(22)14(8-11)17(34)30-13-3-4-13/h2,5,8-10,13H,3-4,6-7H2,1H3,(H,30,34). The topological polar surface area (TPSA) is 83.2 Å². The smallest absolute Gasteiger partial charge is 0.474 e. The van der Waals surface area contributed by atoms with Crippen molar-refractivity contribution in [2.24, 2.45) is 7.05 Å². The quantitative estimate of drug-likeness (QED) is 0.331. The maximum Gasteiger partial charge on any atom is 0.522 e. The molecule has 0 radical (unpaired) electrons. The van der Waals surface area contributed by atoms with E-state index in [0.29, 0.717) is 11.1 Å². The van der Waals surface area contributed by atoms with Gasteiger partial charge in [0.25, 0.3) is 5.91 Å². The molecule has 36 heavy (non-hydrogen) atoms. The maximum atomic E-state index is 13.9. The molecule has 8 nitrogen and oxygen atoms in total. The lowest BCUT2D eigenvalue weighted by atomic mass is 10.1.